The van der Waals surface area contributed by atoms with Gasteiger partial charge >= 0.3 is 6.18 Å². The predicted molar refractivity (Wildman–Crippen MR) is 70.8 cm³/mol. The highest BCUT2D eigenvalue weighted by atomic mass is 19.4. The molecule has 0 saturated heterocycles. The largest absolute Gasteiger partial charge is 0.401 e. The fourth-order valence-electron chi connectivity index (χ4n) is 1.92. The van der Waals surface area contributed by atoms with Gasteiger partial charge in [-0.1, -0.05) is 30.3 Å². The van der Waals surface area contributed by atoms with E-state index in [0.717, 1.165) is 5.56 Å². The smallest absolute Gasteiger partial charge is 0.324 e. The Morgan fingerprint density at radius 2 is 1.74 bits per heavy atom. The second-order valence-corrected chi connectivity index (χ2v) is 4.99. The Hall–Kier alpha value is -1.07. The molecule has 1 aromatic rings. The number of nitrogens with two attached hydrogens (primary N) is 1. The van der Waals surface area contributed by atoms with E-state index >= 15 is 0 Å². The van der Waals surface area contributed by atoms with Gasteiger partial charge in [0.15, 0.2) is 0 Å². The molecule has 19 heavy (non-hydrogen) atoms. The molecule has 0 fully saturated rings. The van der Waals surface area contributed by atoms with E-state index in [1.165, 1.54) is 4.90 Å². The number of benzene rings is 1. The highest BCUT2D eigenvalue weighted by Crippen LogP contribution is 2.20. The topological polar surface area (TPSA) is 29.3 Å². The van der Waals surface area contributed by atoms with Gasteiger partial charge in [0.25, 0.3) is 0 Å². The zero-order valence-electron chi connectivity index (χ0n) is 11.3. The zero-order chi connectivity index (χ0) is 14.5. The molecule has 2 N–H and O–H groups in total. The molecule has 0 bridgehead atoms. The summed E-state index contributed by atoms with van der Waals surface area (Å²) in [6.07, 6.45) is -3.65. The quantitative estimate of drug-likeness (QED) is 0.862. The maximum absolute atomic E-state index is 12.4. The molecule has 2 nitrogen and oxygen atoms in total. The summed E-state index contributed by atoms with van der Waals surface area (Å²) in [5, 5.41) is 0. The van der Waals surface area contributed by atoms with E-state index < -0.39 is 12.7 Å². The van der Waals surface area contributed by atoms with E-state index in [0.29, 0.717) is 13.0 Å². The van der Waals surface area contributed by atoms with Gasteiger partial charge in [0.1, 0.15) is 0 Å². The lowest BCUT2D eigenvalue weighted by Crippen LogP contribution is -2.40. The molecular formula is C14H21F3N2. The van der Waals surface area contributed by atoms with E-state index in [4.69, 9.17) is 5.73 Å². The SMILES string of the molecule is CC(C)N(CCC(N)c1ccccc1)CC(F)(F)F. The first-order valence-electron chi connectivity index (χ1n) is 6.41. The summed E-state index contributed by atoms with van der Waals surface area (Å²) >= 11 is 0. The number of halogens is 3. The standard InChI is InChI=1S/C14H21F3N2/c1-11(2)19(10-14(15,16)17)9-8-13(18)12-6-4-3-5-7-12/h3-7,11,13H,8-10,18H2,1-2H3. The molecule has 0 amide bonds. The molecule has 108 valence electrons. The van der Waals surface area contributed by atoms with Gasteiger partial charge in [-0.15, -0.1) is 0 Å². The highest BCUT2D eigenvalue weighted by Gasteiger charge is 2.31. The monoisotopic (exact) mass is 274 g/mol. The first-order valence-corrected chi connectivity index (χ1v) is 6.41. The number of nitrogens with zero attached hydrogens (tertiary/aromatic N) is 1. The summed E-state index contributed by atoms with van der Waals surface area (Å²) in [5.74, 6) is 0. The number of hydrogen-bond donors (Lipinski definition) is 1. The van der Waals surface area contributed by atoms with Crippen LogP contribution in [0.15, 0.2) is 30.3 Å². The lowest BCUT2D eigenvalue weighted by atomic mass is 10.0. The first-order chi connectivity index (χ1) is 8.79. The Labute approximate surface area is 112 Å². The van der Waals surface area contributed by atoms with Crippen molar-refractivity contribution in [1.82, 2.24) is 4.90 Å². The summed E-state index contributed by atoms with van der Waals surface area (Å²) in [6.45, 7) is 2.99. The van der Waals surface area contributed by atoms with Crippen molar-refractivity contribution in [1.29, 1.82) is 0 Å². The maximum Gasteiger partial charge on any atom is 0.401 e. The van der Waals surface area contributed by atoms with Crippen molar-refractivity contribution in [3.63, 3.8) is 0 Å². The molecule has 0 aromatic heterocycles. The van der Waals surface area contributed by atoms with Gasteiger partial charge in [-0.2, -0.15) is 13.2 Å². The van der Waals surface area contributed by atoms with Crippen molar-refractivity contribution >= 4 is 0 Å². The molecule has 0 aliphatic carbocycles. The van der Waals surface area contributed by atoms with Crippen LogP contribution >= 0.6 is 0 Å². The summed E-state index contributed by atoms with van der Waals surface area (Å²) in [6, 6.07) is 9.07. The van der Waals surface area contributed by atoms with Crippen molar-refractivity contribution in [3.8, 4) is 0 Å². The molecule has 5 heteroatoms. The minimum absolute atomic E-state index is 0.149. The molecule has 0 spiro atoms. The lowest BCUT2D eigenvalue weighted by Gasteiger charge is -2.28. The van der Waals surface area contributed by atoms with Crippen LogP contribution in [0, 0.1) is 0 Å². The lowest BCUT2D eigenvalue weighted by molar-refractivity contribution is -0.149. The second kappa shape index (κ2) is 6.91. The third kappa shape index (κ3) is 6.07. The average molecular weight is 274 g/mol. The fourth-order valence-corrected chi connectivity index (χ4v) is 1.92. The van der Waals surface area contributed by atoms with Crippen LogP contribution < -0.4 is 5.73 Å². The molecule has 0 aliphatic heterocycles. The van der Waals surface area contributed by atoms with E-state index in [2.05, 4.69) is 0 Å². The van der Waals surface area contributed by atoms with Crippen molar-refractivity contribution < 1.29 is 13.2 Å². The van der Waals surface area contributed by atoms with Crippen LogP contribution in [0.4, 0.5) is 13.2 Å². The van der Waals surface area contributed by atoms with Crippen LogP contribution in [0.5, 0.6) is 0 Å². The minimum Gasteiger partial charge on any atom is -0.324 e. The summed E-state index contributed by atoms with van der Waals surface area (Å²) < 4.78 is 37.3. The Morgan fingerprint density at radius 3 is 2.21 bits per heavy atom. The van der Waals surface area contributed by atoms with Crippen LogP contribution in [0.2, 0.25) is 0 Å². The van der Waals surface area contributed by atoms with Crippen LogP contribution in [-0.2, 0) is 0 Å². The molecular weight excluding hydrogens is 253 g/mol. The van der Waals surface area contributed by atoms with Gasteiger partial charge in [0.2, 0.25) is 0 Å². The van der Waals surface area contributed by atoms with Crippen LogP contribution in [0.1, 0.15) is 31.9 Å². The van der Waals surface area contributed by atoms with Crippen LogP contribution in [0.25, 0.3) is 0 Å². The average Bonchev–Trinajstić information content (AvgIpc) is 2.33. The second-order valence-electron chi connectivity index (χ2n) is 4.99. The van der Waals surface area contributed by atoms with Crippen LogP contribution in [0.3, 0.4) is 0 Å². The summed E-state index contributed by atoms with van der Waals surface area (Å²) in [5.41, 5.74) is 6.96. The number of hydrogen-bond acceptors (Lipinski definition) is 2. The molecule has 1 aromatic carbocycles. The molecule has 1 rings (SSSR count). The van der Waals surface area contributed by atoms with Gasteiger partial charge < -0.3 is 5.73 Å². The molecule has 0 saturated carbocycles. The van der Waals surface area contributed by atoms with Crippen molar-refractivity contribution in [2.24, 2.45) is 5.73 Å². The van der Waals surface area contributed by atoms with E-state index in [1.54, 1.807) is 13.8 Å². The van der Waals surface area contributed by atoms with Crippen LogP contribution in [-0.4, -0.2) is 30.2 Å². The Morgan fingerprint density at radius 1 is 1.16 bits per heavy atom. The van der Waals surface area contributed by atoms with Gasteiger partial charge in [0.05, 0.1) is 6.54 Å². The fraction of sp³-hybridized carbons (Fsp3) is 0.571. The van der Waals surface area contributed by atoms with E-state index in [-0.39, 0.29) is 12.1 Å². The van der Waals surface area contributed by atoms with Gasteiger partial charge in [-0.25, -0.2) is 0 Å². The molecule has 0 aliphatic rings. The van der Waals surface area contributed by atoms with Crippen molar-refractivity contribution in [3.05, 3.63) is 35.9 Å². The first kappa shape index (κ1) is 16.0. The zero-order valence-corrected chi connectivity index (χ0v) is 11.3. The Bertz CT molecular complexity index is 363. The van der Waals surface area contributed by atoms with Gasteiger partial charge in [-0.3, -0.25) is 4.90 Å². The molecule has 0 heterocycles. The van der Waals surface area contributed by atoms with Gasteiger partial charge in [0, 0.05) is 18.6 Å². The number of rotatable bonds is 6. The highest BCUT2D eigenvalue weighted by molar-refractivity contribution is 5.18. The third-order valence-electron chi connectivity index (χ3n) is 3.07. The Balaban J connectivity index is 2.52. The van der Waals surface area contributed by atoms with Crippen molar-refractivity contribution in [2.75, 3.05) is 13.1 Å². The van der Waals surface area contributed by atoms with E-state index in [1.807, 2.05) is 30.3 Å². The third-order valence-corrected chi connectivity index (χ3v) is 3.07. The van der Waals surface area contributed by atoms with E-state index in [9.17, 15) is 13.2 Å². The maximum atomic E-state index is 12.4. The Kier molecular flexibility index (Phi) is 5.82. The summed E-state index contributed by atoms with van der Waals surface area (Å²) in [4.78, 5) is 1.41. The summed E-state index contributed by atoms with van der Waals surface area (Å²) in [7, 11) is 0. The molecule has 1 atom stereocenters. The van der Waals surface area contributed by atoms with Gasteiger partial charge in [-0.05, 0) is 25.8 Å². The van der Waals surface area contributed by atoms with Crippen molar-refractivity contribution in [2.45, 2.75) is 38.5 Å². The predicted octanol–water partition coefficient (Wildman–Crippen LogP) is 3.35. The number of alkyl halides is 3. The molecule has 1 unspecified atom stereocenters. The minimum atomic E-state index is -4.17. The normalized spacial score (nSPS) is 14.1. The molecule has 0 radical (unpaired) electrons.